The zero-order valence-electron chi connectivity index (χ0n) is 19.8. The van der Waals surface area contributed by atoms with Crippen LogP contribution < -0.4 is 21.9 Å². The van der Waals surface area contributed by atoms with Gasteiger partial charge in [0.15, 0.2) is 5.69 Å². The minimum absolute atomic E-state index is 0.0101. The number of amides is 1. The summed E-state index contributed by atoms with van der Waals surface area (Å²) in [7, 11) is 0. The first-order valence-electron chi connectivity index (χ1n) is 10.7. The molecule has 0 aliphatic heterocycles. The Morgan fingerprint density at radius 2 is 1.72 bits per heavy atom. The summed E-state index contributed by atoms with van der Waals surface area (Å²) in [6.45, 7) is 13.3. The van der Waals surface area contributed by atoms with Gasteiger partial charge in [-0.25, -0.2) is 9.59 Å². The standard InChI is InChI=1S/C22H33N5O5/c1-8-32-21(30)15-13(6)16(24-14(15)7)20(29)26(9-11(2)3)17-18(23)27(10-12(4)5)22(31)25-19(17)28/h11-12,24H,8-10,23H2,1-7H3,(H,25,28,31). The van der Waals surface area contributed by atoms with Gasteiger partial charge in [-0.1, -0.05) is 27.7 Å². The Bertz CT molecular complexity index is 1120. The molecular weight excluding hydrogens is 414 g/mol. The highest BCUT2D eigenvalue weighted by Gasteiger charge is 2.30. The number of carbonyl (C=O) groups excluding carboxylic acids is 2. The summed E-state index contributed by atoms with van der Waals surface area (Å²) < 4.78 is 6.36. The number of ether oxygens (including phenoxy) is 1. The third-order valence-electron chi connectivity index (χ3n) is 4.96. The number of nitrogen functional groups attached to an aromatic ring is 1. The minimum Gasteiger partial charge on any atom is -0.462 e. The first kappa shape index (κ1) is 25.0. The van der Waals surface area contributed by atoms with Gasteiger partial charge >= 0.3 is 11.7 Å². The van der Waals surface area contributed by atoms with E-state index in [0.717, 1.165) is 0 Å². The molecule has 2 aromatic heterocycles. The minimum atomic E-state index is -0.743. The van der Waals surface area contributed by atoms with Crippen LogP contribution in [0.25, 0.3) is 0 Å². The number of nitrogens with two attached hydrogens (primary N) is 1. The number of rotatable bonds is 8. The molecular formula is C22H33N5O5. The number of nitrogens with one attached hydrogen (secondary N) is 2. The second-order valence-corrected chi connectivity index (χ2v) is 8.65. The first-order valence-corrected chi connectivity index (χ1v) is 10.7. The van der Waals surface area contributed by atoms with E-state index in [-0.39, 0.29) is 54.3 Å². The van der Waals surface area contributed by atoms with Crippen LogP contribution in [0.15, 0.2) is 9.59 Å². The van der Waals surface area contributed by atoms with E-state index in [0.29, 0.717) is 11.3 Å². The SMILES string of the molecule is CCOC(=O)c1c(C)[nH]c(C(=O)N(CC(C)C)c2c(N)n(CC(C)C)c(=O)[nH]c2=O)c1C. The van der Waals surface area contributed by atoms with E-state index in [1.807, 2.05) is 27.7 Å². The van der Waals surface area contributed by atoms with Crippen LogP contribution in [0.4, 0.5) is 11.5 Å². The van der Waals surface area contributed by atoms with Crippen molar-refractivity contribution in [1.82, 2.24) is 14.5 Å². The van der Waals surface area contributed by atoms with Crippen molar-refractivity contribution in [3.05, 3.63) is 43.4 Å². The van der Waals surface area contributed by atoms with E-state index < -0.39 is 23.1 Å². The first-order chi connectivity index (χ1) is 14.9. The maximum atomic E-state index is 13.6. The lowest BCUT2D eigenvalue weighted by atomic mass is 10.1. The molecule has 0 unspecified atom stereocenters. The second-order valence-electron chi connectivity index (χ2n) is 8.65. The lowest BCUT2D eigenvalue weighted by Gasteiger charge is -2.26. The van der Waals surface area contributed by atoms with Crippen molar-refractivity contribution >= 4 is 23.4 Å². The van der Waals surface area contributed by atoms with E-state index >= 15 is 0 Å². The van der Waals surface area contributed by atoms with E-state index in [1.54, 1.807) is 20.8 Å². The van der Waals surface area contributed by atoms with Gasteiger partial charge in [0.25, 0.3) is 11.5 Å². The molecule has 32 heavy (non-hydrogen) atoms. The summed E-state index contributed by atoms with van der Waals surface area (Å²) in [4.78, 5) is 57.6. The van der Waals surface area contributed by atoms with Gasteiger partial charge in [-0.15, -0.1) is 0 Å². The predicted molar refractivity (Wildman–Crippen MR) is 123 cm³/mol. The molecule has 0 atom stereocenters. The Kier molecular flexibility index (Phi) is 7.71. The number of nitrogens with zero attached hydrogens (tertiary/aromatic N) is 2. The molecule has 10 heteroatoms. The van der Waals surface area contributed by atoms with Gasteiger partial charge in [0, 0.05) is 18.8 Å². The molecule has 10 nitrogen and oxygen atoms in total. The van der Waals surface area contributed by atoms with Gasteiger partial charge in [-0.2, -0.15) is 0 Å². The van der Waals surface area contributed by atoms with Gasteiger partial charge in [-0.05, 0) is 38.2 Å². The summed E-state index contributed by atoms with van der Waals surface area (Å²) in [6.07, 6.45) is 0. The highest BCUT2D eigenvalue weighted by Crippen LogP contribution is 2.25. The highest BCUT2D eigenvalue weighted by atomic mass is 16.5. The molecule has 1 amide bonds. The number of aromatic nitrogens is 3. The topological polar surface area (TPSA) is 143 Å². The summed E-state index contributed by atoms with van der Waals surface area (Å²) in [6, 6.07) is 0. The van der Waals surface area contributed by atoms with Gasteiger partial charge in [0.1, 0.15) is 11.5 Å². The fourth-order valence-electron chi connectivity index (χ4n) is 3.63. The van der Waals surface area contributed by atoms with Crippen LogP contribution in [-0.4, -0.2) is 39.6 Å². The predicted octanol–water partition coefficient (Wildman–Crippen LogP) is 2.20. The van der Waals surface area contributed by atoms with E-state index in [4.69, 9.17) is 10.5 Å². The lowest BCUT2D eigenvalue weighted by Crippen LogP contribution is -2.43. The molecule has 0 spiro atoms. The number of H-pyrrole nitrogens is 2. The van der Waals surface area contributed by atoms with Crippen molar-refractivity contribution in [2.24, 2.45) is 11.8 Å². The molecule has 0 saturated carbocycles. The Labute approximate surface area is 186 Å². The fraction of sp³-hybridized carbons (Fsp3) is 0.545. The maximum Gasteiger partial charge on any atom is 0.340 e. The van der Waals surface area contributed by atoms with Crippen molar-refractivity contribution < 1.29 is 14.3 Å². The van der Waals surface area contributed by atoms with Gasteiger partial charge in [-0.3, -0.25) is 24.0 Å². The van der Waals surface area contributed by atoms with Crippen LogP contribution in [0.1, 0.15) is 66.7 Å². The summed E-state index contributed by atoms with van der Waals surface area (Å²) in [5.74, 6) is -1.06. The molecule has 0 aromatic carbocycles. The molecule has 0 aliphatic rings. The number of hydrogen-bond acceptors (Lipinski definition) is 6. The zero-order chi connectivity index (χ0) is 24.3. The largest absolute Gasteiger partial charge is 0.462 e. The van der Waals surface area contributed by atoms with E-state index in [9.17, 15) is 19.2 Å². The fourth-order valence-corrected chi connectivity index (χ4v) is 3.63. The molecule has 0 saturated heterocycles. The number of aryl methyl sites for hydroxylation is 1. The molecule has 2 heterocycles. The van der Waals surface area contributed by atoms with Crippen LogP contribution in [0, 0.1) is 25.7 Å². The third kappa shape index (κ3) is 4.95. The molecule has 0 aliphatic carbocycles. The van der Waals surface area contributed by atoms with Crippen molar-refractivity contribution in [2.45, 2.75) is 55.0 Å². The van der Waals surface area contributed by atoms with Gasteiger partial charge in [0.2, 0.25) is 0 Å². The zero-order valence-corrected chi connectivity index (χ0v) is 19.8. The molecule has 4 N–H and O–H groups in total. The number of aromatic amines is 2. The molecule has 2 aromatic rings. The monoisotopic (exact) mass is 447 g/mol. The number of carbonyl (C=O) groups is 2. The molecule has 0 bridgehead atoms. The van der Waals surface area contributed by atoms with Crippen LogP contribution >= 0.6 is 0 Å². The van der Waals surface area contributed by atoms with Crippen molar-refractivity contribution in [1.29, 1.82) is 0 Å². The summed E-state index contributed by atoms with van der Waals surface area (Å²) in [5, 5.41) is 0. The smallest absolute Gasteiger partial charge is 0.340 e. The average Bonchev–Trinajstić information content (AvgIpc) is 2.97. The molecule has 0 radical (unpaired) electrons. The number of hydrogen-bond donors (Lipinski definition) is 3. The molecule has 2 rings (SSSR count). The Balaban J connectivity index is 2.69. The lowest BCUT2D eigenvalue weighted by molar-refractivity contribution is 0.0525. The van der Waals surface area contributed by atoms with Crippen LogP contribution in [0.5, 0.6) is 0 Å². The Hall–Kier alpha value is -3.30. The Morgan fingerprint density at radius 1 is 1.09 bits per heavy atom. The summed E-state index contributed by atoms with van der Waals surface area (Å²) >= 11 is 0. The molecule has 0 fully saturated rings. The van der Waals surface area contributed by atoms with Crippen molar-refractivity contribution in [3.63, 3.8) is 0 Å². The van der Waals surface area contributed by atoms with Crippen LogP contribution in [0.3, 0.4) is 0 Å². The van der Waals surface area contributed by atoms with Crippen molar-refractivity contribution in [3.8, 4) is 0 Å². The van der Waals surface area contributed by atoms with Crippen LogP contribution in [0.2, 0.25) is 0 Å². The average molecular weight is 448 g/mol. The third-order valence-corrected chi connectivity index (χ3v) is 4.96. The van der Waals surface area contributed by atoms with Gasteiger partial charge < -0.3 is 15.5 Å². The maximum absolute atomic E-state index is 13.6. The normalized spacial score (nSPS) is 11.3. The molecule has 176 valence electrons. The number of esters is 1. The van der Waals surface area contributed by atoms with Crippen LogP contribution in [-0.2, 0) is 11.3 Å². The quantitative estimate of drug-likeness (QED) is 0.529. The Morgan fingerprint density at radius 3 is 2.25 bits per heavy atom. The number of anilines is 2. The van der Waals surface area contributed by atoms with Gasteiger partial charge in [0.05, 0.1) is 12.2 Å². The van der Waals surface area contributed by atoms with E-state index in [1.165, 1.54) is 9.47 Å². The van der Waals surface area contributed by atoms with E-state index in [2.05, 4.69) is 9.97 Å². The summed E-state index contributed by atoms with van der Waals surface area (Å²) in [5.41, 5.74) is 6.14. The second kappa shape index (κ2) is 9.88. The highest BCUT2D eigenvalue weighted by molar-refractivity contribution is 6.09. The van der Waals surface area contributed by atoms with Crippen molar-refractivity contribution in [2.75, 3.05) is 23.8 Å².